The minimum Gasteiger partial charge on any atom is -0.381 e. The summed E-state index contributed by atoms with van der Waals surface area (Å²) < 4.78 is 13.4. The highest BCUT2D eigenvalue weighted by atomic mass is 35.5. The standard InChI is InChI=1S/C23H33ClN4O2/c1-4-25-23(28(3)16-21-13-20(24)15-27(21)2)26-14-18-5-7-19(8-6-18)17-30-22-9-11-29-12-10-22/h5-8,13,15,22H,4,9-12,14,16-17H2,1-3H3,(H,25,26). The molecule has 0 spiro atoms. The van der Waals surface area contributed by atoms with Gasteiger partial charge in [0, 0.05) is 45.7 Å². The average molecular weight is 433 g/mol. The lowest BCUT2D eigenvalue weighted by molar-refractivity contribution is -0.0390. The van der Waals surface area contributed by atoms with Gasteiger partial charge in [-0.3, -0.25) is 0 Å². The number of halogens is 1. The number of benzene rings is 1. The second kappa shape index (κ2) is 11.4. The van der Waals surface area contributed by atoms with E-state index in [1.807, 2.05) is 30.9 Å². The highest BCUT2D eigenvalue weighted by molar-refractivity contribution is 6.30. The Morgan fingerprint density at radius 1 is 1.27 bits per heavy atom. The fourth-order valence-electron chi connectivity index (χ4n) is 3.47. The van der Waals surface area contributed by atoms with Gasteiger partial charge in [-0.25, -0.2) is 4.99 Å². The summed E-state index contributed by atoms with van der Waals surface area (Å²) in [4.78, 5) is 6.93. The van der Waals surface area contributed by atoms with E-state index in [0.29, 0.717) is 19.3 Å². The molecule has 0 saturated carbocycles. The van der Waals surface area contributed by atoms with Crippen LogP contribution in [-0.4, -0.2) is 48.3 Å². The van der Waals surface area contributed by atoms with Crippen LogP contribution in [0.1, 0.15) is 36.6 Å². The van der Waals surface area contributed by atoms with Crippen LogP contribution < -0.4 is 5.32 Å². The molecule has 2 heterocycles. The van der Waals surface area contributed by atoms with Crippen molar-refractivity contribution in [2.75, 3.05) is 26.8 Å². The fraction of sp³-hybridized carbons (Fsp3) is 0.522. The summed E-state index contributed by atoms with van der Waals surface area (Å²) in [6.45, 7) is 6.52. The van der Waals surface area contributed by atoms with Gasteiger partial charge in [0.25, 0.3) is 0 Å². The molecular formula is C23H33ClN4O2. The van der Waals surface area contributed by atoms with Gasteiger partial charge >= 0.3 is 0 Å². The summed E-state index contributed by atoms with van der Waals surface area (Å²) >= 11 is 6.11. The third kappa shape index (κ3) is 6.76. The van der Waals surface area contributed by atoms with Crippen LogP contribution in [0, 0.1) is 0 Å². The minimum atomic E-state index is 0.320. The van der Waals surface area contributed by atoms with E-state index in [-0.39, 0.29) is 0 Å². The van der Waals surface area contributed by atoms with Crippen molar-refractivity contribution >= 4 is 17.6 Å². The summed E-state index contributed by atoms with van der Waals surface area (Å²) in [6.07, 6.45) is 4.22. The van der Waals surface area contributed by atoms with Crippen LogP contribution in [0.25, 0.3) is 0 Å². The van der Waals surface area contributed by atoms with Crippen LogP contribution in [0.2, 0.25) is 5.02 Å². The molecule has 7 heteroatoms. The highest BCUT2D eigenvalue weighted by Gasteiger charge is 2.14. The van der Waals surface area contributed by atoms with E-state index in [9.17, 15) is 0 Å². The lowest BCUT2D eigenvalue weighted by Gasteiger charge is -2.22. The van der Waals surface area contributed by atoms with Gasteiger partial charge < -0.3 is 24.3 Å². The van der Waals surface area contributed by atoms with Crippen molar-refractivity contribution in [1.82, 2.24) is 14.8 Å². The fourth-order valence-corrected chi connectivity index (χ4v) is 3.75. The van der Waals surface area contributed by atoms with E-state index in [0.717, 1.165) is 55.8 Å². The molecule has 0 amide bonds. The number of ether oxygens (including phenoxy) is 2. The molecule has 2 aromatic rings. The topological polar surface area (TPSA) is 51.0 Å². The molecule has 0 bridgehead atoms. The summed E-state index contributed by atoms with van der Waals surface area (Å²) in [5.74, 6) is 0.877. The van der Waals surface area contributed by atoms with Gasteiger partial charge in [-0.2, -0.15) is 0 Å². The number of nitrogens with zero attached hydrogens (tertiary/aromatic N) is 3. The van der Waals surface area contributed by atoms with Gasteiger partial charge in [-0.1, -0.05) is 35.9 Å². The van der Waals surface area contributed by atoms with E-state index < -0.39 is 0 Å². The maximum Gasteiger partial charge on any atom is 0.194 e. The summed E-state index contributed by atoms with van der Waals surface area (Å²) in [6, 6.07) is 10.5. The number of aromatic nitrogens is 1. The van der Waals surface area contributed by atoms with Gasteiger partial charge in [-0.15, -0.1) is 0 Å². The molecule has 0 unspecified atom stereocenters. The van der Waals surface area contributed by atoms with Crippen LogP contribution in [0.15, 0.2) is 41.5 Å². The minimum absolute atomic E-state index is 0.320. The number of aryl methyl sites for hydroxylation is 1. The first-order valence-corrected chi connectivity index (χ1v) is 11.0. The Bertz CT molecular complexity index is 813. The van der Waals surface area contributed by atoms with Crippen molar-refractivity contribution in [1.29, 1.82) is 0 Å². The number of hydrogen-bond acceptors (Lipinski definition) is 3. The first-order valence-electron chi connectivity index (χ1n) is 10.6. The molecule has 1 aliphatic rings. The number of guanidine groups is 1. The molecule has 0 radical (unpaired) electrons. The van der Waals surface area contributed by atoms with Crippen LogP contribution in [0.5, 0.6) is 0 Å². The molecular weight excluding hydrogens is 400 g/mol. The Morgan fingerprint density at radius 3 is 2.60 bits per heavy atom. The van der Waals surface area contributed by atoms with Crippen molar-refractivity contribution in [2.45, 2.75) is 45.6 Å². The number of hydrogen-bond donors (Lipinski definition) is 1. The predicted molar refractivity (Wildman–Crippen MR) is 122 cm³/mol. The van der Waals surface area contributed by atoms with Gasteiger partial charge in [0.15, 0.2) is 5.96 Å². The van der Waals surface area contributed by atoms with Gasteiger partial charge in [0.05, 0.1) is 30.8 Å². The van der Waals surface area contributed by atoms with Gasteiger partial charge in [-0.05, 0) is 37.0 Å². The van der Waals surface area contributed by atoms with Crippen molar-refractivity contribution < 1.29 is 9.47 Å². The average Bonchev–Trinajstić information content (AvgIpc) is 3.07. The summed E-state index contributed by atoms with van der Waals surface area (Å²) in [5.41, 5.74) is 3.51. The molecule has 164 valence electrons. The quantitative estimate of drug-likeness (QED) is 0.506. The summed E-state index contributed by atoms with van der Waals surface area (Å²) in [7, 11) is 4.05. The predicted octanol–water partition coefficient (Wildman–Crippen LogP) is 3.97. The van der Waals surface area contributed by atoms with Crippen molar-refractivity contribution in [3.8, 4) is 0 Å². The van der Waals surface area contributed by atoms with Crippen LogP contribution >= 0.6 is 11.6 Å². The largest absolute Gasteiger partial charge is 0.381 e. The Kier molecular flexibility index (Phi) is 8.61. The zero-order valence-electron chi connectivity index (χ0n) is 18.2. The van der Waals surface area contributed by atoms with Crippen molar-refractivity contribution in [2.24, 2.45) is 12.0 Å². The van der Waals surface area contributed by atoms with Crippen molar-refractivity contribution in [3.05, 3.63) is 58.4 Å². The highest BCUT2D eigenvalue weighted by Crippen LogP contribution is 2.15. The molecule has 6 nitrogen and oxygen atoms in total. The van der Waals surface area contributed by atoms with Crippen LogP contribution in [0.4, 0.5) is 0 Å². The molecule has 1 saturated heterocycles. The van der Waals surface area contributed by atoms with Crippen LogP contribution in [-0.2, 0) is 36.2 Å². The molecule has 1 aromatic heterocycles. The monoisotopic (exact) mass is 432 g/mol. The Balaban J connectivity index is 1.55. The molecule has 1 aliphatic heterocycles. The molecule has 1 N–H and O–H groups in total. The Hall–Kier alpha value is -2.02. The third-order valence-electron chi connectivity index (χ3n) is 5.26. The molecule has 3 rings (SSSR count). The maximum atomic E-state index is 6.11. The molecule has 1 aromatic carbocycles. The van der Waals surface area contributed by atoms with E-state index >= 15 is 0 Å². The third-order valence-corrected chi connectivity index (χ3v) is 5.47. The van der Waals surface area contributed by atoms with E-state index in [2.05, 4.69) is 41.4 Å². The van der Waals surface area contributed by atoms with Gasteiger partial charge in [0.1, 0.15) is 0 Å². The molecule has 30 heavy (non-hydrogen) atoms. The molecule has 0 atom stereocenters. The van der Waals surface area contributed by atoms with Gasteiger partial charge in [0.2, 0.25) is 0 Å². The maximum absolute atomic E-state index is 6.11. The summed E-state index contributed by atoms with van der Waals surface area (Å²) in [5, 5.41) is 4.12. The van der Waals surface area contributed by atoms with E-state index in [1.165, 1.54) is 11.1 Å². The number of nitrogens with one attached hydrogen (secondary N) is 1. The van der Waals surface area contributed by atoms with E-state index in [1.54, 1.807) is 0 Å². The second-order valence-corrected chi connectivity index (χ2v) is 8.16. The number of rotatable bonds is 8. The lowest BCUT2D eigenvalue weighted by atomic mass is 10.1. The zero-order valence-corrected chi connectivity index (χ0v) is 19.0. The molecule has 1 fully saturated rings. The van der Waals surface area contributed by atoms with E-state index in [4.69, 9.17) is 26.1 Å². The second-order valence-electron chi connectivity index (χ2n) is 7.73. The Morgan fingerprint density at radius 2 is 1.97 bits per heavy atom. The SMILES string of the molecule is CCNC(=NCc1ccc(COC2CCOCC2)cc1)N(C)Cc1cc(Cl)cn1C. The van der Waals surface area contributed by atoms with Crippen LogP contribution in [0.3, 0.4) is 0 Å². The Labute approximate surface area is 184 Å². The first-order chi connectivity index (χ1) is 14.5. The normalized spacial score (nSPS) is 15.4. The zero-order chi connectivity index (χ0) is 21.3. The van der Waals surface area contributed by atoms with Crippen molar-refractivity contribution in [3.63, 3.8) is 0 Å². The number of aliphatic imine (C=N–C) groups is 1. The smallest absolute Gasteiger partial charge is 0.194 e. The first kappa shape index (κ1) is 22.7. The lowest BCUT2D eigenvalue weighted by Crippen LogP contribution is -2.38. The molecule has 0 aliphatic carbocycles.